The van der Waals surface area contributed by atoms with Gasteiger partial charge < -0.3 is 27.0 Å². The summed E-state index contributed by atoms with van der Waals surface area (Å²) in [7, 11) is 0. The highest BCUT2D eigenvalue weighted by atomic mass is 16.2. The number of hydrogen-bond acceptors (Lipinski definition) is 6. The molecule has 1 unspecified atom stereocenters. The number of nitrogens with two attached hydrogens (primary N) is 1. The highest BCUT2D eigenvalue weighted by molar-refractivity contribution is 5.88. The molecule has 0 aliphatic heterocycles. The quantitative estimate of drug-likeness (QED) is 0.226. The molecule has 0 aliphatic rings. The van der Waals surface area contributed by atoms with Crippen molar-refractivity contribution in [3.05, 3.63) is 0 Å². The Kier molecular flexibility index (Phi) is 20.1. The highest BCUT2D eigenvalue weighted by Crippen LogP contribution is 2.05. The molecule has 9 nitrogen and oxygen atoms in total. The summed E-state index contributed by atoms with van der Waals surface area (Å²) in [4.78, 5) is 48.1. The predicted molar refractivity (Wildman–Crippen MR) is 135 cm³/mol. The third-order valence-electron chi connectivity index (χ3n) is 4.23. The van der Waals surface area contributed by atoms with E-state index in [4.69, 9.17) is 5.73 Å². The van der Waals surface area contributed by atoms with Crippen LogP contribution in [0.1, 0.15) is 80.8 Å². The fourth-order valence-electron chi connectivity index (χ4n) is 2.49. The average Bonchev–Trinajstić information content (AvgIpc) is 2.73. The van der Waals surface area contributed by atoms with Crippen molar-refractivity contribution in [1.82, 2.24) is 21.3 Å². The van der Waals surface area contributed by atoms with Crippen LogP contribution in [0.3, 0.4) is 0 Å². The number of carbonyl (C=O) groups is 4. The maximum Gasteiger partial charge on any atom is 0.242 e. The van der Waals surface area contributed by atoms with Crippen LogP contribution in [0, 0.1) is 5.92 Å². The number of rotatable bonds is 16. The summed E-state index contributed by atoms with van der Waals surface area (Å²) in [6.07, 6.45) is 1.23. The Labute approximate surface area is 195 Å². The van der Waals surface area contributed by atoms with Gasteiger partial charge in [0.1, 0.15) is 11.8 Å². The summed E-state index contributed by atoms with van der Waals surface area (Å²) in [6, 6.07) is -0.492. The smallest absolute Gasteiger partial charge is 0.242 e. The SMILES string of the molecule is CC.CC(C)NCCNC(=O)C(CCC(=O)NCCN)NC(=O)CCCC(=O)C(C)C.[HH].[HH].[HH].[HH].[HH]. The molecule has 3 amide bonds. The molecule has 0 spiro atoms. The number of carbonyl (C=O) groups excluding carboxylic acids is 4. The highest BCUT2D eigenvalue weighted by Gasteiger charge is 2.21. The van der Waals surface area contributed by atoms with Gasteiger partial charge in [-0.1, -0.05) is 41.5 Å². The molecule has 31 heavy (non-hydrogen) atoms. The Bertz CT molecular complexity index is 545. The summed E-state index contributed by atoms with van der Waals surface area (Å²) in [5, 5.41) is 11.3. The van der Waals surface area contributed by atoms with Crippen molar-refractivity contribution < 1.29 is 26.3 Å². The molecule has 0 aliphatic carbocycles. The van der Waals surface area contributed by atoms with Gasteiger partial charge in [0.2, 0.25) is 17.7 Å². The minimum atomic E-state index is -0.800. The molecule has 0 aromatic carbocycles. The molecule has 192 valence electrons. The Hall–Kier alpha value is -2.00. The fourth-order valence-corrected chi connectivity index (χ4v) is 2.49. The molecule has 0 saturated heterocycles. The van der Waals surface area contributed by atoms with Crippen LogP contribution in [-0.4, -0.2) is 61.8 Å². The monoisotopic (exact) mass is 453 g/mol. The second kappa shape index (κ2) is 19.9. The maximum absolute atomic E-state index is 12.5. The van der Waals surface area contributed by atoms with E-state index in [0.29, 0.717) is 45.1 Å². The summed E-state index contributed by atoms with van der Waals surface area (Å²) < 4.78 is 0. The minimum Gasteiger partial charge on any atom is -0.355 e. The lowest BCUT2D eigenvalue weighted by Crippen LogP contribution is -2.48. The molecule has 6 N–H and O–H groups in total. The first-order chi connectivity index (χ1) is 14.7. The molecule has 0 rings (SSSR count). The van der Waals surface area contributed by atoms with Gasteiger partial charge >= 0.3 is 0 Å². The van der Waals surface area contributed by atoms with Gasteiger partial charge in [0, 0.05) is 64.5 Å². The third kappa shape index (κ3) is 18.5. The van der Waals surface area contributed by atoms with Crippen LogP contribution in [0.2, 0.25) is 0 Å². The van der Waals surface area contributed by atoms with Crippen LogP contribution in [0.4, 0.5) is 0 Å². The van der Waals surface area contributed by atoms with E-state index in [1.807, 2.05) is 41.5 Å². The van der Waals surface area contributed by atoms with Crippen molar-refractivity contribution in [3.8, 4) is 0 Å². The summed E-state index contributed by atoms with van der Waals surface area (Å²) in [5.41, 5.74) is 5.36. The molecule has 9 heteroatoms. The standard InChI is InChI=1S/C20H39N5O4.C2H6.5H2/c1-14(2)17(26)6-5-7-19(28)25-16(8-9-18(27)23-11-10-21)20(29)24-13-12-22-15(3)4;1-2;;;;;/h14-16,22H,5-13,21H2,1-4H3,(H,23,27)(H,24,29)(H,25,28);1-2H3;5*1H. The largest absolute Gasteiger partial charge is 0.355 e. The van der Waals surface area contributed by atoms with E-state index in [-0.39, 0.29) is 55.8 Å². The molecule has 1 atom stereocenters. The van der Waals surface area contributed by atoms with Crippen molar-refractivity contribution in [2.45, 2.75) is 85.7 Å². The van der Waals surface area contributed by atoms with E-state index < -0.39 is 6.04 Å². The second-order valence-electron chi connectivity index (χ2n) is 7.67. The lowest BCUT2D eigenvalue weighted by Gasteiger charge is -2.19. The summed E-state index contributed by atoms with van der Waals surface area (Å²) >= 11 is 0. The van der Waals surface area contributed by atoms with E-state index in [0.717, 1.165) is 0 Å². The number of hydrogen-bond donors (Lipinski definition) is 5. The zero-order valence-corrected chi connectivity index (χ0v) is 20.3. The Balaban J connectivity index is -0.000000234. The van der Waals surface area contributed by atoms with Crippen LogP contribution in [-0.2, 0) is 19.2 Å². The average molecular weight is 454 g/mol. The zero-order valence-electron chi connectivity index (χ0n) is 20.3. The van der Waals surface area contributed by atoms with Crippen molar-refractivity contribution in [2.75, 3.05) is 26.2 Å². The Morgan fingerprint density at radius 1 is 0.839 bits per heavy atom. The van der Waals surface area contributed by atoms with Crippen molar-refractivity contribution in [1.29, 1.82) is 0 Å². The van der Waals surface area contributed by atoms with E-state index in [2.05, 4.69) is 21.3 Å². The molecule has 0 bridgehead atoms. The molecule has 0 heterocycles. The molecule has 0 saturated carbocycles. The fraction of sp³-hybridized carbons (Fsp3) is 0.818. The summed E-state index contributed by atoms with van der Waals surface area (Å²) in [5.74, 6) is -0.783. The lowest BCUT2D eigenvalue weighted by atomic mass is 10.0. The molecule has 0 fully saturated rings. The molecular weight excluding hydrogens is 398 g/mol. The van der Waals surface area contributed by atoms with Gasteiger partial charge in [-0.15, -0.1) is 0 Å². The first-order valence-corrected chi connectivity index (χ1v) is 11.5. The van der Waals surface area contributed by atoms with Gasteiger partial charge in [0.25, 0.3) is 0 Å². The van der Waals surface area contributed by atoms with Crippen molar-refractivity contribution in [2.24, 2.45) is 11.7 Å². The molecule has 0 aromatic rings. The maximum atomic E-state index is 12.5. The normalized spacial score (nSPS) is 11.4. The van der Waals surface area contributed by atoms with Crippen LogP contribution in [0.15, 0.2) is 0 Å². The molecule has 0 radical (unpaired) electrons. The van der Waals surface area contributed by atoms with Gasteiger partial charge in [-0.25, -0.2) is 0 Å². The molecule has 0 aromatic heterocycles. The third-order valence-corrected chi connectivity index (χ3v) is 4.23. The Morgan fingerprint density at radius 2 is 1.48 bits per heavy atom. The Morgan fingerprint density at radius 3 is 2.03 bits per heavy atom. The van der Waals surface area contributed by atoms with Crippen molar-refractivity contribution >= 4 is 23.5 Å². The topological polar surface area (TPSA) is 142 Å². The van der Waals surface area contributed by atoms with Gasteiger partial charge in [-0.3, -0.25) is 19.2 Å². The van der Waals surface area contributed by atoms with E-state index in [1.165, 1.54) is 0 Å². The predicted octanol–water partition coefficient (Wildman–Crippen LogP) is 2.09. The van der Waals surface area contributed by atoms with Gasteiger partial charge in [-0.2, -0.15) is 0 Å². The zero-order chi connectivity index (χ0) is 24.2. The van der Waals surface area contributed by atoms with E-state index in [1.54, 1.807) is 0 Å². The second-order valence-corrected chi connectivity index (χ2v) is 7.67. The first-order valence-electron chi connectivity index (χ1n) is 11.5. The van der Waals surface area contributed by atoms with Gasteiger partial charge in [-0.05, 0) is 12.8 Å². The van der Waals surface area contributed by atoms with Gasteiger partial charge in [0.15, 0.2) is 0 Å². The number of Topliss-reactive ketones (excluding diaryl/α,β-unsaturated/α-hetero) is 1. The number of nitrogens with one attached hydrogen (secondary N) is 4. The van der Waals surface area contributed by atoms with Crippen LogP contribution >= 0.6 is 0 Å². The van der Waals surface area contributed by atoms with Crippen molar-refractivity contribution in [3.63, 3.8) is 0 Å². The van der Waals surface area contributed by atoms with Crippen LogP contribution < -0.4 is 27.0 Å². The lowest BCUT2D eigenvalue weighted by molar-refractivity contribution is -0.130. The van der Waals surface area contributed by atoms with E-state index in [9.17, 15) is 19.2 Å². The van der Waals surface area contributed by atoms with Gasteiger partial charge in [0.05, 0.1) is 0 Å². The number of amides is 3. The van der Waals surface area contributed by atoms with E-state index >= 15 is 0 Å². The van der Waals surface area contributed by atoms with Crippen LogP contribution in [0.5, 0.6) is 0 Å². The minimum absolute atomic E-state index is 0. The van der Waals surface area contributed by atoms with Crippen LogP contribution in [0.25, 0.3) is 0 Å². The first kappa shape index (κ1) is 31.2. The number of ketones is 1. The summed E-state index contributed by atoms with van der Waals surface area (Å²) in [6.45, 7) is 13.4. The molecular formula is C22H55N5O4.